The summed E-state index contributed by atoms with van der Waals surface area (Å²) in [7, 11) is 0. The minimum absolute atomic E-state index is 0.813. The zero-order chi connectivity index (χ0) is 13.3. The first-order chi connectivity index (χ1) is 9.40. The molecule has 2 rings (SSSR count). The number of nitrogens with one attached hydrogen (secondary N) is 2. The van der Waals surface area contributed by atoms with Gasteiger partial charge in [-0.3, -0.25) is 0 Å². The van der Waals surface area contributed by atoms with E-state index in [1.165, 1.54) is 6.42 Å². The Bertz CT molecular complexity index is 464. The summed E-state index contributed by atoms with van der Waals surface area (Å²) in [4.78, 5) is 0. The topological polar surface area (TPSA) is 41.9 Å². The van der Waals surface area contributed by atoms with Crippen LogP contribution >= 0.6 is 0 Å². The van der Waals surface area contributed by atoms with Crippen LogP contribution in [0.25, 0.3) is 5.69 Å². The third-order valence-corrected chi connectivity index (χ3v) is 2.88. The van der Waals surface area contributed by atoms with Gasteiger partial charge < -0.3 is 10.6 Å². The SMILES string of the molecule is CCCNCCNCc1ccn(-c2ccccc2)n1. The van der Waals surface area contributed by atoms with Crippen LogP contribution in [0.4, 0.5) is 0 Å². The minimum atomic E-state index is 0.813. The molecule has 2 N–H and O–H groups in total. The molecule has 0 radical (unpaired) electrons. The van der Waals surface area contributed by atoms with Crippen molar-refractivity contribution >= 4 is 0 Å². The van der Waals surface area contributed by atoms with Gasteiger partial charge in [-0.15, -0.1) is 0 Å². The molecular weight excluding hydrogens is 236 g/mol. The molecule has 1 heterocycles. The zero-order valence-corrected chi connectivity index (χ0v) is 11.5. The van der Waals surface area contributed by atoms with Crippen LogP contribution in [0.2, 0.25) is 0 Å². The van der Waals surface area contributed by atoms with E-state index in [0.717, 1.165) is 37.6 Å². The van der Waals surface area contributed by atoms with E-state index < -0.39 is 0 Å². The molecule has 0 aliphatic rings. The number of hydrogen-bond acceptors (Lipinski definition) is 3. The highest BCUT2D eigenvalue weighted by Crippen LogP contribution is 2.06. The van der Waals surface area contributed by atoms with Crippen molar-refractivity contribution in [3.63, 3.8) is 0 Å². The fraction of sp³-hybridized carbons (Fsp3) is 0.400. The highest BCUT2D eigenvalue weighted by Gasteiger charge is 2.00. The van der Waals surface area contributed by atoms with Crippen molar-refractivity contribution in [2.24, 2.45) is 0 Å². The maximum absolute atomic E-state index is 4.55. The molecule has 0 atom stereocenters. The summed E-state index contributed by atoms with van der Waals surface area (Å²) in [5, 5.41) is 11.3. The summed E-state index contributed by atoms with van der Waals surface area (Å²) in [6.45, 7) is 6.06. The molecule has 0 bridgehead atoms. The van der Waals surface area contributed by atoms with E-state index in [2.05, 4.69) is 40.9 Å². The van der Waals surface area contributed by atoms with Gasteiger partial charge in [-0.2, -0.15) is 5.10 Å². The Morgan fingerprint density at radius 1 is 1.00 bits per heavy atom. The highest BCUT2D eigenvalue weighted by molar-refractivity contribution is 5.30. The largest absolute Gasteiger partial charge is 0.315 e. The molecule has 0 unspecified atom stereocenters. The first kappa shape index (κ1) is 13.8. The Balaban J connectivity index is 1.75. The number of para-hydroxylation sites is 1. The van der Waals surface area contributed by atoms with Crippen LogP contribution in [0.3, 0.4) is 0 Å². The molecule has 4 heteroatoms. The monoisotopic (exact) mass is 258 g/mol. The molecule has 1 aromatic heterocycles. The van der Waals surface area contributed by atoms with Gasteiger partial charge in [-0.05, 0) is 31.2 Å². The van der Waals surface area contributed by atoms with Crippen molar-refractivity contribution in [1.82, 2.24) is 20.4 Å². The Labute approximate surface area is 114 Å². The summed E-state index contributed by atoms with van der Waals surface area (Å²) >= 11 is 0. The molecule has 1 aromatic carbocycles. The van der Waals surface area contributed by atoms with Crippen LogP contribution in [-0.2, 0) is 6.54 Å². The first-order valence-corrected chi connectivity index (χ1v) is 6.91. The normalized spacial score (nSPS) is 10.8. The van der Waals surface area contributed by atoms with E-state index in [-0.39, 0.29) is 0 Å². The van der Waals surface area contributed by atoms with Crippen molar-refractivity contribution < 1.29 is 0 Å². The molecule has 4 nitrogen and oxygen atoms in total. The molecule has 0 aliphatic carbocycles. The van der Waals surface area contributed by atoms with E-state index in [4.69, 9.17) is 0 Å². The average Bonchev–Trinajstić information content (AvgIpc) is 2.92. The second-order valence-electron chi connectivity index (χ2n) is 4.51. The lowest BCUT2D eigenvalue weighted by Crippen LogP contribution is -2.27. The predicted octanol–water partition coefficient (Wildman–Crippen LogP) is 1.96. The fourth-order valence-electron chi connectivity index (χ4n) is 1.88. The summed E-state index contributed by atoms with van der Waals surface area (Å²) in [6, 6.07) is 12.2. The quantitative estimate of drug-likeness (QED) is 0.711. The van der Waals surface area contributed by atoms with Gasteiger partial charge in [-0.1, -0.05) is 25.1 Å². The van der Waals surface area contributed by atoms with E-state index in [1.807, 2.05) is 29.1 Å². The Morgan fingerprint density at radius 2 is 1.79 bits per heavy atom. The molecule has 0 aliphatic heterocycles. The number of aromatic nitrogens is 2. The van der Waals surface area contributed by atoms with Crippen LogP contribution in [0.5, 0.6) is 0 Å². The molecule has 102 valence electrons. The molecule has 0 saturated heterocycles. The number of nitrogens with zero attached hydrogens (tertiary/aromatic N) is 2. The Hall–Kier alpha value is -1.65. The maximum atomic E-state index is 4.55. The lowest BCUT2D eigenvalue weighted by molar-refractivity contribution is 0.600. The van der Waals surface area contributed by atoms with Gasteiger partial charge in [0.05, 0.1) is 11.4 Å². The van der Waals surface area contributed by atoms with Crippen molar-refractivity contribution in [3.05, 3.63) is 48.3 Å². The number of hydrogen-bond donors (Lipinski definition) is 2. The lowest BCUT2D eigenvalue weighted by Gasteiger charge is -2.04. The van der Waals surface area contributed by atoms with Gasteiger partial charge >= 0.3 is 0 Å². The summed E-state index contributed by atoms with van der Waals surface area (Å²) < 4.78 is 1.91. The minimum Gasteiger partial charge on any atom is -0.315 e. The zero-order valence-electron chi connectivity index (χ0n) is 11.5. The molecule has 0 fully saturated rings. The summed E-state index contributed by atoms with van der Waals surface area (Å²) in [5.41, 5.74) is 2.16. The van der Waals surface area contributed by atoms with Crippen LogP contribution in [-0.4, -0.2) is 29.4 Å². The van der Waals surface area contributed by atoms with E-state index >= 15 is 0 Å². The molecule has 0 spiro atoms. The molecule has 2 aromatic rings. The molecular formula is C15H22N4. The molecule has 0 amide bonds. The van der Waals surface area contributed by atoms with Crippen LogP contribution in [0.1, 0.15) is 19.0 Å². The van der Waals surface area contributed by atoms with Crippen molar-refractivity contribution in [1.29, 1.82) is 0 Å². The van der Waals surface area contributed by atoms with E-state index in [0.29, 0.717) is 0 Å². The van der Waals surface area contributed by atoms with Gasteiger partial charge in [-0.25, -0.2) is 4.68 Å². The lowest BCUT2D eigenvalue weighted by atomic mass is 10.3. The van der Waals surface area contributed by atoms with Crippen LogP contribution in [0, 0.1) is 0 Å². The third kappa shape index (κ3) is 4.50. The number of benzene rings is 1. The smallest absolute Gasteiger partial charge is 0.0766 e. The van der Waals surface area contributed by atoms with Gasteiger partial charge in [0.2, 0.25) is 0 Å². The summed E-state index contributed by atoms with van der Waals surface area (Å²) in [6.07, 6.45) is 3.18. The first-order valence-electron chi connectivity index (χ1n) is 6.91. The van der Waals surface area contributed by atoms with Crippen molar-refractivity contribution in [2.75, 3.05) is 19.6 Å². The standard InChI is InChI=1S/C15H22N4/c1-2-9-16-10-11-17-13-14-8-12-19(18-14)15-6-4-3-5-7-15/h3-8,12,16-17H,2,9-11,13H2,1H3. The van der Waals surface area contributed by atoms with E-state index in [1.54, 1.807) is 0 Å². The average molecular weight is 258 g/mol. The van der Waals surface area contributed by atoms with Crippen molar-refractivity contribution in [2.45, 2.75) is 19.9 Å². The van der Waals surface area contributed by atoms with Crippen molar-refractivity contribution in [3.8, 4) is 5.69 Å². The van der Waals surface area contributed by atoms with Gasteiger partial charge in [0, 0.05) is 25.8 Å². The van der Waals surface area contributed by atoms with Crippen LogP contribution in [0.15, 0.2) is 42.6 Å². The predicted molar refractivity (Wildman–Crippen MR) is 78.4 cm³/mol. The second kappa shape index (κ2) is 7.71. The highest BCUT2D eigenvalue weighted by atomic mass is 15.3. The third-order valence-electron chi connectivity index (χ3n) is 2.88. The Kier molecular flexibility index (Phi) is 5.59. The number of rotatable bonds is 8. The van der Waals surface area contributed by atoms with E-state index in [9.17, 15) is 0 Å². The maximum Gasteiger partial charge on any atom is 0.0766 e. The van der Waals surface area contributed by atoms with Gasteiger partial charge in [0.1, 0.15) is 0 Å². The summed E-state index contributed by atoms with van der Waals surface area (Å²) in [5.74, 6) is 0. The Morgan fingerprint density at radius 3 is 2.58 bits per heavy atom. The van der Waals surface area contributed by atoms with Crippen LogP contribution < -0.4 is 10.6 Å². The second-order valence-corrected chi connectivity index (χ2v) is 4.51. The molecule has 19 heavy (non-hydrogen) atoms. The van der Waals surface area contributed by atoms with Gasteiger partial charge in [0.25, 0.3) is 0 Å². The fourth-order valence-corrected chi connectivity index (χ4v) is 1.88. The van der Waals surface area contributed by atoms with Gasteiger partial charge in [0.15, 0.2) is 0 Å². The molecule has 0 saturated carbocycles.